The molecular weight excluding hydrogens is 529 g/mol. The van der Waals surface area contributed by atoms with E-state index in [1.165, 1.54) is 21.7 Å². The fraction of sp³-hybridized carbons (Fsp3) is 0.560. The Morgan fingerprint density at radius 2 is 1.79 bits per heavy atom. The first-order valence-corrected chi connectivity index (χ1v) is 11.7. The van der Waals surface area contributed by atoms with Crippen molar-refractivity contribution in [1.29, 1.82) is 0 Å². The number of fused-ring (bicyclic) bond motifs is 5. The molecule has 0 spiro atoms. The number of imide groups is 1. The number of rotatable bonds is 8. The molecule has 4 unspecified atom stereocenters. The highest BCUT2D eigenvalue weighted by Gasteiger charge is 2.58. The number of hydrogen-bond donors (Lipinski definition) is 2. The minimum Gasteiger partial charge on any atom is -0.378 e. The van der Waals surface area contributed by atoms with Crippen LogP contribution in [0.4, 0.5) is 5.69 Å². The fourth-order valence-corrected chi connectivity index (χ4v) is 5.27. The predicted octanol–water partition coefficient (Wildman–Crippen LogP) is 2.93. The molecule has 1 saturated heterocycles. The standard InChI is InChI=1S/C25H35N5O2.HI/c1-5-26-25(28-15-19-9-10-20(29(3)4)13-16(19)2)27-11-6-12-30-23(31)21-17-7-8-18(14-17)22(21)24(30)32;/h7-10,13,17-18,21-22H,5-6,11-12,14-15H2,1-4H3,(H2,26,27,28);1H. The summed E-state index contributed by atoms with van der Waals surface area (Å²) in [6.07, 6.45) is 5.96. The molecule has 3 aliphatic rings. The molecule has 2 N–H and O–H groups in total. The lowest BCUT2D eigenvalue weighted by atomic mass is 9.85. The average Bonchev–Trinajstić information content (AvgIpc) is 3.44. The molecule has 4 atom stereocenters. The lowest BCUT2D eigenvalue weighted by Crippen LogP contribution is -2.40. The zero-order valence-corrected chi connectivity index (χ0v) is 22.3. The smallest absolute Gasteiger partial charge is 0.233 e. The summed E-state index contributed by atoms with van der Waals surface area (Å²) in [5.41, 5.74) is 3.59. The van der Waals surface area contributed by atoms with Gasteiger partial charge in [0.25, 0.3) is 0 Å². The van der Waals surface area contributed by atoms with Gasteiger partial charge in [-0.15, -0.1) is 24.0 Å². The van der Waals surface area contributed by atoms with E-state index < -0.39 is 0 Å². The molecule has 1 aromatic carbocycles. The minimum atomic E-state index is -0.105. The number of carbonyl (C=O) groups excluding carboxylic acids is 2. The first-order chi connectivity index (χ1) is 15.4. The Balaban J connectivity index is 0.00000306. The summed E-state index contributed by atoms with van der Waals surface area (Å²) in [6, 6.07) is 6.41. The quantitative estimate of drug-likeness (QED) is 0.127. The SMILES string of the molecule is CCNC(=NCc1ccc(N(C)C)cc1C)NCCCN1C(=O)C2C3C=CC(C3)C2C1=O.I. The molecule has 180 valence electrons. The van der Waals surface area contributed by atoms with Crippen molar-refractivity contribution in [2.45, 2.75) is 33.2 Å². The molecule has 1 heterocycles. The second-order valence-corrected chi connectivity index (χ2v) is 9.31. The number of halogens is 1. The highest BCUT2D eigenvalue weighted by atomic mass is 127. The number of anilines is 1. The number of guanidine groups is 1. The largest absolute Gasteiger partial charge is 0.378 e. The number of likely N-dealkylation sites (tertiary alicyclic amines) is 1. The lowest BCUT2D eigenvalue weighted by Gasteiger charge is -2.18. The summed E-state index contributed by atoms with van der Waals surface area (Å²) in [6.45, 7) is 6.64. The number of nitrogens with zero attached hydrogens (tertiary/aromatic N) is 3. The van der Waals surface area contributed by atoms with Gasteiger partial charge in [-0.25, -0.2) is 4.99 Å². The van der Waals surface area contributed by atoms with E-state index in [-0.39, 0.29) is 59.5 Å². The number of allylic oxidation sites excluding steroid dienone is 2. The molecule has 1 aliphatic heterocycles. The Hall–Kier alpha value is -2.10. The van der Waals surface area contributed by atoms with E-state index in [1.54, 1.807) is 0 Å². The van der Waals surface area contributed by atoms with Crippen LogP contribution in [0.25, 0.3) is 0 Å². The van der Waals surface area contributed by atoms with Gasteiger partial charge < -0.3 is 15.5 Å². The molecule has 2 bridgehead atoms. The molecule has 33 heavy (non-hydrogen) atoms. The van der Waals surface area contributed by atoms with Crippen molar-refractivity contribution in [3.8, 4) is 0 Å². The van der Waals surface area contributed by atoms with Crippen molar-refractivity contribution >= 4 is 47.4 Å². The van der Waals surface area contributed by atoms with Gasteiger partial charge in [0.2, 0.25) is 11.8 Å². The third-order valence-corrected chi connectivity index (χ3v) is 7.01. The van der Waals surface area contributed by atoms with Crippen molar-refractivity contribution in [1.82, 2.24) is 15.5 Å². The van der Waals surface area contributed by atoms with E-state index in [0.29, 0.717) is 26.1 Å². The van der Waals surface area contributed by atoms with E-state index in [0.717, 1.165) is 18.9 Å². The zero-order chi connectivity index (χ0) is 22.8. The van der Waals surface area contributed by atoms with Crippen LogP contribution in [0.1, 0.15) is 30.9 Å². The van der Waals surface area contributed by atoms with E-state index in [1.807, 2.05) is 21.0 Å². The van der Waals surface area contributed by atoms with Gasteiger partial charge in [0, 0.05) is 39.4 Å². The summed E-state index contributed by atoms with van der Waals surface area (Å²) < 4.78 is 0. The summed E-state index contributed by atoms with van der Waals surface area (Å²) in [5.74, 6) is 1.16. The van der Waals surface area contributed by atoms with Crippen molar-refractivity contribution in [3.63, 3.8) is 0 Å². The van der Waals surface area contributed by atoms with Crippen LogP contribution in [0.15, 0.2) is 35.3 Å². The van der Waals surface area contributed by atoms with E-state index in [4.69, 9.17) is 4.99 Å². The van der Waals surface area contributed by atoms with Crippen LogP contribution in [-0.2, 0) is 16.1 Å². The molecule has 2 fully saturated rings. The van der Waals surface area contributed by atoms with Gasteiger partial charge in [0.15, 0.2) is 5.96 Å². The molecule has 1 saturated carbocycles. The molecule has 0 aromatic heterocycles. The minimum absolute atomic E-state index is 0. The number of benzene rings is 1. The van der Waals surface area contributed by atoms with Crippen LogP contribution in [-0.4, -0.2) is 56.4 Å². The summed E-state index contributed by atoms with van der Waals surface area (Å²) in [5, 5.41) is 6.62. The van der Waals surface area contributed by atoms with Crippen LogP contribution < -0.4 is 15.5 Å². The molecule has 1 aromatic rings. The van der Waals surface area contributed by atoms with Crippen molar-refractivity contribution in [2.24, 2.45) is 28.7 Å². The van der Waals surface area contributed by atoms with E-state index in [9.17, 15) is 9.59 Å². The highest BCUT2D eigenvalue weighted by Crippen LogP contribution is 2.52. The van der Waals surface area contributed by atoms with Gasteiger partial charge >= 0.3 is 0 Å². The molecule has 4 rings (SSSR count). The monoisotopic (exact) mass is 565 g/mol. The maximum absolute atomic E-state index is 12.8. The van der Waals surface area contributed by atoms with E-state index in [2.05, 4.69) is 52.8 Å². The van der Waals surface area contributed by atoms with Gasteiger partial charge in [0.05, 0.1) is 18.4 Å². The summed E-state index contributed by atoms with van der Waals surface area (Å²) in [4.78, 5) is 33.9. The molecule has 7 nitrogen and oxygen atoms in total. The summed E-state index contributed by atoms with van der Waals surface area (Å²) >= 11 is 0. The van der Waals surface area contributed by atoms with Gasteiger partial charge in [0.1, 0.15) is 0 Å². The molecule has 2 aliphatic carbocycles. The summed E-state index contributed by atoms with van der Waals surface area (Å²) in [7, 11) is 4.08. The van der Waals surface area contributed by atoms with Crippen LogP contribution in [0, 0.1) is 30.6 Å². The van der Waals surface area contributed by atoms with Gasteiger partial charge in [-0.2, -0.15) is 0 Å². The highest BCUT2D eigenvalue weighted by molar-refractivity contribution is 14.0. The number of hydrogen-bond acceptors (Lipinski definition) is 4. The van der Waals surface area contributed by atoms with Gasteiger partial charge in [-0.1, -0.05) is 18.2 Å². The topological polar surface area (TPSA) is 77.0 Å². The molecule has 0 radical (unpaired) electrons. The Morgan fingerprint density at radius 3 is 2.36 bits per heavy atom. The molecule has 2 amide bonds. The molecule has 8 heteroatoms. The van der Waals surface area contributed by atoms with Crippen LogP contribution >= 0.6 is 24.0 Å². The molecular formula is C25H36IN5O2. The zero-order valence-electron chi connectivity index (χ0n) is 20.0. The van der Waals surface area contributed by atoms with Crippen molar-refractivity contribution in [2.75, 3.05) is 38.6 Å². The van der Waals surface area contributed by atoms with Gasteiger partial charge in [-0.3, -0.25) is 14.5 Å². The van der Waals surface area contributed by atoms with Gasteiger partial charge in [-0.05, 0) is 61.8 Å². The second-order valence-electron chi connectivity index (χ2n) is 9.31. The number of carbonyl (C=O) groups is 2. The average molecular weight is 566 g/mol. The maximum Gasteiger partial charge on any atom is 0.233 e. The predicted molar refractivity (Wildman–Crippen MR) is 143 cm³/mol. The lowest BCUT2D eigenvalue weighted by molar-refractivity contribution is -0.140. The number of aliphatic imine (C=N–C) groups is 1. The van der Waals surface area contributed by atoms with Crippen LogP contribution in [0.5, 0.6) is 0 Å². The Labute approximate surface area is 214 Å². The van der Waals surface area contributed by atoms with E-state index >= 15 is 0 Å². The van der Waals surface area contributed by atoms with Crippen molar-refractivity contribution < 1.29 is 9.59 Å². The third kappa shape index (κ3) is 5.20. The van der Waals surface area contributed by atoms with Crippen LogP contribution in [0.3, 0.4) is 0 Å². The number of amides is 2. The van der Waals surface area contributed by atoms with Crippen molar-refractivity contribution in [3.05, 3.63) is 41.5 Å². The number of aryl methyl sites for hydroxylation is 1. The first kappa shape index (κ1) is 25.5. The first-order valence-electron chi connectivity index (χ1n) is 11.7. The maximum atomic E-state index is 12.8. The normalized spacial score (nSPS) is 25.3. The fourth-order valence-electron chi connectivity index (χ4n) is 5.27. The number of nitrogens with one attached hydrogen (secondary N) is 2. The van der Waals surface area contributed by atoms with Crippen LogP contribution in [0.2, 0.25) is 0 Å². The second kappa shape index (κ2) is 10.9. The third-order valence-electron chi connectivity index (χ3n) is 7.01. The Bertz CT molecular complexity index is 915. The Kier molecular flexibility index (Phi) is 8.42. The Morgan fingerprint density at radius 1 is 1.12 bits per heavy atom.